The number of nitrogens with one attached hydrogen (secondary N) is 1. The highest BCUT2D eigenvalue weighted by molar-refractivity contribution is 7.99. The van der Waals surface area contributed by atoms with Crippen molar-refractivity contribution in [2.45, 2.75) is 51.5 Å². The number of hydrogen-bond donors (Lipinski definition) is 1. The molecule has 2 rings (SSSR count). The van der Waals surface area contributed by atoms with E-state index in [4.69, 9.17) is 0 Å². The van der Waals surface area contributed by atoms with E-state index >= 15 is 0 Å². The highest BCUT2D eigenvalue weighted by atomic mass is 32.2. The Bertz CT molecular complexity index is 237. The zero-order valence-electron chi connectivity index (χ0n) is 12.2. The molecule has 106 valence electrons. The number of thioether (sulfide) groups is 1. The summed E-state index contributed by atoms with van der Waals surface area (Å²) in [5, 5.41) is 3.48. The Morgan fingerprint density at radius 2 is 1.94 bits per heavy atom. The maximum atomic E-state index is 3.48. The van der Waals surface area contributed by atoms with Gasteiger partial charge in [-0.15, -0.1) is 0 Å². The maximum absolute atomic E-state index is 3.48. The quantitative estimate of drug-likeness (QED) is 0.791. The van der Waals surface area contributed by atoms with Crippen LogP contribution in [0.15, 0.2) is 0 Å². The molecule has 2 nitrogen and oxygen atoms in total. The van der Waals surface area contributed by atoms with Crippen molar-refractivity contribution in [3.8, 4) is 0 Å². The van der Waals surface area contributed by atoms with Crippen LogP contribution in [0, 0.1) is 5.41 Å². The predicted molar refractivity (Wildman–Crippen MR) is 82.4 cm³/mol. The molecule has 1 aliphatic heterocycles. The van der Waals surface area contributed by atoms with Crippen molar-refractivity contribution < 1.29 is 0 Å². The van der Waals surface area contributed by atoms with E-state index in [1.807, 2.05) is 0 Å². The van der Waals surface area contributed by atoms with Crippen LogP contribution in [0.2, 0.25) is 0 Å². The van der Waals surface area contributed by atoms with E-state index in [9.17, 15) is 0 Å². The third-order valence-electron chi connectivity index (χ3n) is 4.76. The summed E-state index contributed by atoms with van der Waals surface area (Å²) in [4.78, 5) is 2.76. The number of rotatable bonds is 4. The molecule has 0 spiro atoms. The minimum absolute atomic E-state index is 0.557. The minimum atomic E-state index is 0.557. The average Bonchev–Trinajstić information content (AvgIpc) is 2.59. The van der Waals surface area contributed by atoms with E-state index in [1.54, 1.807) is 0 Å². The summed E-state index contributed by atoms with van der Waals surface area (Å²) in [5.41, 5.74) is 0.557. The smallest absolute Gasteiger partial charge is 0.0158 e. The summed E-state index contributed by atoms with van der Waals surface area (Å²) in [6.45, 7) is 6.26. The highest BCUT2D eigenvalue weighted by Gasteiger charge is 2.34. The van der Waals surface area contributed by atoms with Crippen LogP contribution in [0.25, 0.3) is 0 Å². The van der Waals surface area contributed by atoms with Gasteiger partial charge in [0.25, 0.3) is 0 Å². The summed E-state index contributed by atoms with van der Waals surface area (Å²) >= 11 is 2.13. The van der Waals surface area contributed by atoms with Gasteiger partial charge in [0.2, 0.25) is 0 Å². The zero-order valence-corrected chi connectivity index (χ0v) is 13.0. The van der Waals surface area contributed by atoms with Crippen molar-refractivity contribution in [1.29, 1.82) is 0 Å². The lowest BCUT2D eigenvalue weighted by Crippen LogP contribution is -2.49. The molecule has 0 amide bonds. The molecule has 2 aliphatic rings. The monoisotopic (exact) mass is 270 g/mol. The van der Waals surface area contributed by atoms with Crippen molar-refractivity contribution in [2.75, 3.05) is 38.2 Å². The summed E-state index contributed by atoms with van der Waals surface area (Å²) in [5.74, 6) is 2.66. The second-order valence-electron chi connectivity index (χ2n) is 6.34. The lowest BCUT2D eigenvalue weighted by molar-refractivity contribution is 0.110. The molecule has 1 unspecified atom stereocenters. The molecule has 0 radical (unpaired) electrons. The first kappa shape index (κ1) is 14.7. The van der Waals surface area contributed by atoms with Crippen LogP contribution in [-0.2, 0) is 0 Å². The summed E-state index contributed by atoms with van der Waals surface area (Å²) in [7, 11) is 2.13. The van der Waals surface area contributed by atoms with Gasteiger partial charge in [-0.2, -0.15) is 11.8 Å². The van der Waals surface area contributed by atoms with E-state index in [2.05, 4.69) is 35.9 Å². The first-order valence-corrected chi connectivity index (χ1v) is 8.88. The fraction of sp³-hybridized carbons (Fsp3) is 1.00. The molecule has 0 aromatic rings. The van der Waals surface area contributed by atoms with Crippen LogP contribution in [-0.4, -0.2) is 49.1 Å². The van der Waals surface area contributed by atoms with E-state index in [0.717, 1.165) is 6.04 Å². The molecular weight excluding hydrogens is 240 g/mol. The van der Waals surface area contributed by atoms with Crippen LogP contribution >= 0.6 is 11.8 Å². The Hall–Kier alpha value is 0.270. The summed E-state index contributed by atoms with van der Waals surface area (Å²) in [6.07, 6.45) is 8.67. The normalized spacial score (nSPS) is 30.0. The lowest BCUT2D eigenvalue weighted by Gasteiger charge is -2.42. The van der Waals surface area contributed by atoms with Crippen LogP contribution in [0.5, 0.6) is 0 Å². The van der Waals surface area contributed by atoms with Gasteiger partial charge in [-0.05, 0) is 32.2 Å². The molecule has 1 atom stereocenters. The SMILES string of the molecule is CNCC1(CN2CCSCC2C)CCCCCC1. The Labute approximate surface area is 117 Å². The second kappa shape index (κ2) is 7.16. The highest BCUT2D eigenvalue weighted by Crippen LogP contribution is 2.36. The van der Waals surface area contributed by atoms with Gasteiger partial charge < -0.3 is 5.32 Å². The van der Waals surface area contributed by atoms with Crippen molar-refractivity contribution in [3.05, 3.63) is 0 Å². The zero-order chi connectivity index (χ0) is 12.8. The molecule has 0 aromatic heterocycles. The van der Waals surface area contributed by atoms with Crippen molar-refractivity contribution in [3.63, 3.8) is 0 Å². The first-order chi connectivity index (χ1) is 8.76. The lowest BCUT2D eigenvalue weighted by atomic mass is 9.79. The molecule has 0 aromatic carbocycles. The largest absolute Gasteiger partial charge is 0.319 e. The van der Waals surface area contributed by atoms with Gasteiger partial charge in [0.15, 0.2) is 0 Å². The third kappa shape index (κ3) is 3.88. The fourth-order valence-electron chi connectivity index (χ4n) is 3.67. The van der Waals surface area contributed by atoms with Crippen LogP contribution in [0.1, 0.15) is 45.4 Å². The summed E-state index contributed by atoms with van der Waals surface area (Å²) in [6, 6.07) is 0.778. The van der Waals surface area contributed by atoms with Gasteiger partial charge in [0, 0.05) is 37.2 Å². The van der Waals surface area contributed by atoms with E-state index in [0.29, 0.717) is 5.41 Å². The van der Waals surface area contributed by atoms with Crippen molar-refractivity contribution in [1.82, 2.24) is 10.2 Å². The van der Waals surface area contributed by atoms with Crippen LogP contribution in [0.3, 0.4) is 0 Å². The Kier molecular flexibility index (Phi) is 5.84. The van der Waals surface area contributed by atoms with Gasteiger partial charge in [0.05, 0.1) is 0 Å². The molecule has 1 heterocycles. The topological polar surface area (TPSA) is 15.3 Å². The Morgan fingerprint density at radius 1 is 1.22 bits per heavy atom. The molecule has 3 heteroatoms. The van der Waals surface area contributed by atoms with E-state index < -0.39 is 0 Å². The van der Waals surface area contributed by atoms with Crippen molar-refractivity contribution in [2.24, 2.45) is 5.41 Å². The van der Waals surface area contributed by atoms with Gasteiger partial charge in [-0.3, -0.25) is 4.90 Å². The van der Waals surface area contributed by atoms with Gasteiger partial charge in [-0.25, -0.2) is 0 Å². The molecule has 1 aliphatic carbocycles. The van der Waals surface area contributed by atoms with Crippen LogP contribution in [0.4, 0.5) is 0 Å². The molecule has 2 fully saturated rings. The Morgan fingerprint density at radius 3 is 2.56 bits per heavy atom. The molecule has 1 N–H and O–H groups in total. The molecule has 18 heavy (non-hydrogen) atoms. The number of nitrogens with zero attached hydrogens (tertiary/aromatic N) is 1. The standard InChI is InChI=1S/C15H30N2S/c1-14-11-18-10-9-17(14)13-15(12-16-2)7-5-3-4-6-8-15/h14,16H,3-13H2,1-2H3. The van der Waals surface area contributed by atoms with E-state index in [-0.39, 0.29) is 0 Å². The molecule has 1 saturated carbocycles. The number of hydrogen-bond acceptors (Lipinski definition) is 3. The van der Waals surface area contributed by atoms with E-state index in [1.165, 1.54) is 69.7 Å². The Balaban J connectivity index is 1.99. The minimum Gasteiger partial charge on any atom is -0.319 e. The van der Waals surface area contributed by atoms with Crippen molar-refractivity contribution >= 4 is 11.8 Å². The first-order valence-electron chi connectivity index (χ1n) is 7.72. The van der Waals surface area contributed by atoms with Gasteiger partial charge in [0.1, 0.15) is 0 Å². The van der Waals surface area contributed by atoms with Crippen LogP contribution < -0.4 is 5.32 Å². The molecular formula is C15H30N2S. The summed E-state index contributed by atoms with van der Waals surface area (Å²) < 4.78 is 0. The average molecular weight is 270 g/mol. The fourth-order valence-corrected chi connectivity index (χ4v) is 4.75. The molecule has 1 saturated heterocycles. The third-order valence-corrected chi connectivity index (χ3v) is 5.95. The maximum Gasteiger partial charge on any atom is 0.0158 e. The second-order valence-corrected chi connectivity index (χ2v) is 7.49. The predicted octanol–water partition coefficient (Wildman–Crippen LogP) is 2.98. The van der Waals surface area contributed by atoms with Gasteiger partial charge >= 0.3 is 0 Å². The molecule has 0 bridgehead atoms. The van der Waals surface area contributed by atoms with Gasteiger partial charge in [-0.1, -0.05) is 25.7 Å².